The third-order valence-corrected chi connectivity index (χ3v) is 5.62. The molecule has 0 radical (unpaired) electrons. The van der Waals surface area contributed by atoms with Gasteiger partial charge in [-0.05, 0) is 60.5 Å². The number of amides is 1. The topological polar surface area (TPSA) is 48.5 Å². The molecule has 0 saturated carbocycles. The van der Waals surface area contributed by atoms with E-state index in [1.165, 1.54) is 18.2 Å². The maximum Gasteiger partial charge on any atom is 0.244 e. The fourth-order valence-electron chi connectivity index (χ4n) is 3.85. The maximum atomic E-state index is 13.3. The van der Waals surface area contributed by atoms with Gasteiger partial charge in [0, 0.05) is 44.1 Å². The molecule has 6 heteroatoms. The average Bonchev–Trinajstić information content (AvgIpc) is 2.83. The second kappa shape index (κ2) is 10.1. The van der Waals surface area contributed by atoms with Gasteiger partial charge in [-0.3, -0.25) is 4.79 Å². The highest BCUT2D eigenvalue weighted by Crippen LogP contribution is 2.23. The molecule has 2 aromatic carbocycles. The van der Waals surface area contributed by atoms with Crippen LogP contribution < -0.4 is 15.1 Å². The molecular weight excluding hydrogens is 403 g/mol. The molecule has 1 atom stereocenters. The summed E-state index contributed by atoms with van der Waals surface area (Å²) in [4.78, 5) is 21.4. The van der Waals surface area contributed by atoms with Gasteiger partial charge in [0.1, 0.15) is 11.6 Å². The fraction of sp³-hybridized carbons (Fsp3) is 0.231. The van der Waals surface area contributed by atoms with Crippen molar-refractivity contribution in [2.75, 3.05) is 36.0 Å². The monoisotopic (exact) mass is 430 g/mol. The summed E-state index contributed by atoms with van der Waals surface area (Å²) in [6, 6.07) is 20.3. The quantitative estimate of drug-likeness (QED) is 0.588. The molecule has 32 heavy (non-hydrogen) atoms. The fourth-order valence-corrected chi connectivity index (χ4v) is 3.85. The summed E-state index contributed by atoms with van der Waals surface area (Å²) < 4.78 is 13.3. The standard InChI is InChI=1S/C26H27FN4O/c1-20(29-26(32)12-11-21-6-4-8-23(27)18-21)22-7-5-9-24(19-22)30-14-16-31(17-15-30)25-10-2-3-13-28-25/h2-13,18-20H,14-17H2,1H3,(H,29,32). The van der Waals surface area contributed by atoms with Crippen LogP contribution in [-0.4, -0.2) is 37.1 Å². The molecule has 0 bridgehead atoms. The number of pyridine rings is 1. The Kier molecular flexibility index (Phi) is 6.80. The van der Waals surface area contributed by atoms with Crippen LogP contribution in [0.3, 0.4) is 0 Å². The van der Waals surface area contributed by atoms with Gasteiger partial charge in [-0.15, -0.1) is 0 Å². The Labute approximate surface area is 188 Å². The van der Waals surface area contributed by atoms with Crippen LogP contribution in [0.1, 0.15) is 24.1 Å². The van der Waals surface area contributed by atoms with Crippen LogP contribution in [0, 0.1) is 5.82 Å². The molecule has 0 aliphatic carbocycles. The number of anilines is 2. The van der Waals surface area contributed by atoms with E-state index < -0.39 is 0 Å². The third kappa shape index (κ3) is 5.52. The number of piperazine rings is 1. The van der Waals surface area contributed by atoms with Gasteiger partial charge in [0.15, 0.2) is 0 Å². The van der Waals surface area contributed by atoms with Gasteiger partial charge in [-0.25, -0.2) is 9.37 Å². The molecule has 1 aliphatic rings. The summed E-state index contributed by atoms with van der Waals surface area (Å²) in [5, 5.41) is 2.99. The number of hydrogen-bond acceptors (Lipinski definition) is 4. The molecule has 1 fully saturated rings. The van der Waals surface area contributed by atoms with Crippen molar-refractivity contribution in [2.45, 2.75) is 13.0 Å². The Morgan fingerprint density at radius 2 is 1.78 bits per heavy atom. The maximum absolute atomic E-state index is 13.3. The van der Waals surface area contributed by atoms with E-state index in [9.17, 15) is 9.18 Å². The van der Waals surface area contributed by atoms with Crippen molar-refractivity contribution in [3.63, 3.8) is 0 Å². The van der Waals surface area contributed by atoms with E-state index in [-0.39, 0.29) is 17.8 Å². The van der Waals surface area contributed by atoms with Crippen LogP contribution >= 0.6 is 0 Å². The number of carbonyl (C=O) groups excluding carboxylic acids is 1. The third-order valence-electron chi connectivity index (χ3n) is 5.62. The van der Waals surface area contributed by atoms with Gasteiger partial charge >= 0.3 is 0 Å². The highest BCUT2D eigenvalue weighted by molar-refractivity contribution is 5.92. The number of carbonyl (C=O) groups is 1. The van der Waals surface area contributed by atoms with Gasteiger partial charge in [0.25, 0.3) is 0 Å². The van der Waals surface area contributed by atoms with Crippen molar-refractivity contribution >= 4 is 23.5 Å². The largest absolute Gasteiger partial charge is 0.368 e. The van der Waals surface area contributed by atoms with E-state index in [4.69, 9.17) is 0 Å². The van der Waals surface area contributed by atoms with Crippen LogP contribution in [0.2, 0.25) is 0 Å². The Morgan fingerprint density at radius 1 is 1.00 bits per heavy atom. The number of nitrogens with zero attached hydrogens (tertiary/aromatic N) is 3. The molecule has 0 spiro atoms. The Morgan fingerprint density at radius 3 is 2.53 bits per heavy atom. The number of rotatable bonds is 6. The average molecular weight is 431 g/mol. The molecule has 1 unspecified atom stereocenters. The molecule has 3 aromatic rings. The first-order valence-corrected chi connectivity index (χ1v) is 10.8. The van der Waals surface area contributed by atoms with Crippen molar-refractivity contribution in [2.24, 2.45) is 0 Å². The zero-order valence-corrected chi connectivity index (χ0v) is 18.1. The van der Waals surface area contributed by atoms with Gasteiger partial charge < -0.3 is 15.1 Å². The van der Waals surface area contributed by atoms with E-state index in [1.54, 1.807) is 18.2 Å². The minimum absolute atomic E-state index is 0.144. The van der Waals surface area contributed by atoms with Crippen LogP contribution in [0.15, 0.2) is 79.0 Å². The van der Waals surface area contributed by atoms with Crippen molar-refractivity contribution < 1.29 is 9.18 Å². The Balaban J connectivity index is 1.34. The van der Waals surface area contributed by atoms with Gasteiger partial charge in [0.2, 0.25) is 5.91 Å². The van der Waals surface area contributed by atoms with E-state index in [1.807, 2.05) is 43.5 Å². The van der Waals surface area contributed by atoms with E-state index in [2.05, 4.69) is 32.2 Å². The number of halogens is 1. The summed E-state index contributed by atoms with van der Waals surface area (Å²) in [5.74, 6) is 0.485. The lowest BCUT2D eigenvalue weighted by molar-refractivity contribution is -0.117. The van der Waals surface area contributed by atoms with E-state index in [0.717, 1.165) is 43.2 Å². The zero-order valence-electron chi connectivity index (χ0n) is 18.1. The van der Waals surface area contributed by atoms with Crippen molar-refractivity contribution in [1.29, 1.82) is 0 Å². The van der Waals surface area contributed by atoms with Crippen LogP contribution in [0.5, 0.6) is 0 Å². The van der Waals surface area contributed by atoms with E-state index in [0.29, 0.717) is 5.56 Å². The van der Waals surface area contributed by atoms with Crippen molar-refractivity contribution in [3.8, 4) is 0 Å². The molecular formula is C26H27FN4O. The number of hydrogen-bond donors (Lipinski definition) is 1. The van der Waals surface area contributed by atoms with Gasteiger partial charge in [0.05, 0.1) is 6.04 Å². The SMILES string of the molecule is CC(NC(=O)C=Cc1cccc(F)c1)c1cccc(N2CCN(c3ccccn3)CC2)c1. The number of nitrogens with one attached hydrogen (secondary N) is 1. The molecule has 164 valence electrons. The minimum Gasteiger partial charge on any atom is -0.368 e. The summed E-state index contributed by atoms with van der Waals surface area (Å²) in [7, 11) is 0. The molecule has 1 aliphatic heterocycles. The first-order valence-electron chi connectivity index (χ1n) is 10.8. The number of benzene rings is 2. The second-order valence-electron chi connectivity index (χ2n) is 7.88. The van der Waals surface area contributed by atoms with Crippen LogP contribution in [0.25, 0.3) is 6.08 Å². The predicted molar refractivity (Wildman–Crippen MR) is 127 cm³/mol. The Bertz CT molecular complexity index is 1080. The van der Waals surface area contributed by atoms with Gasteiger partial charge in [-0.1, -0.05) is 30.3 Å². The van der Waals surface area contributed by atoms with Crippen molar-refractivity contribution in [1.82, 2.24) is 10.3 Å². The van der Waals surface area contributed by atoms with Crippen molar-refractivity contribution in [3.05, 3.63) is 95.9 Å². The molecule has 1 N–H and O–H groups in total. The molecule has 1 amide bonds. The molecule has 4 rings (SSSR count). The lowest BCUT2D eigenvalue weighted by Crippen LogP contribution is -2.46. The second-order valence-corrected chi connectivity index (χ2v) is 7.88. The van der Waals surface area contributed by atoms with Gasteiger partial charge in [-0.2, -0.15) is 0 Å². The highest BCUT2D eigenvalue weighted by Gasteiger charge is 2.19. The minimum atomic E-state index is -0.321. The lowest BCUT2D eigenvalue weighted by Gasteiger charge is -2.37. The lowest BCUT2D eigenvalue weighted by atomic mass is 10.1. The number of aromatic nitrogens is 1. The zero-order chi connectivity index (χ0) is 22.3. The smallest absolute Gasteiger partial charge is 0.244 e. The normalized spacial score (nSPS) is 15.1. The molecule has 1 saturated heterocycles. The highest BCUT2D eigenvalue weighted by atomic mass is 19.1. The summed E-state index contributed by atoms with van der Waals surface area (Å²) >= 11 is 0. The summed E-state index contributed by atoms with van der Waals surface area (Å²) in [6.45, 7) is 5.62. The first-order chi connectivity index (χ1) is 15.6. The molecule has 1 aromatic heterocycles. The first kappa shape index (κ1) is 21.6. The van der Waals surface area contributed by atoms with Crippen LogP contribution in [-0.2, 0) is 4.79 Å². The summed E-state index contributed by atoms with van der Waals surface area (Å²) in [5.41, 5.74) is 2.85. The Hall–Kier alpha value is -3.67. The van der Waals surface area contributed by atoms with E-state index >= 15 is 0 Å². The molecule has 5 nitrogen and oxygen atoms in total. The van der Waals surface area contributed by atoms with Crippen LogP contribution in [0.4, 0.5) is 15.9 Å². The summed E-state index contributed by atoms with van der Waals surface area (Å²) in [6.07, 6.45) is 4.88. The molecule has 2 heterocycles. The predicted octanol–water partition coefficient (Wildman–Crippen LogP) is 4.44.